The Balaban J connectivity index is 1.95. The molecule has 0 bridgehead atoms. The average molecular weight is 279 g/mol. The predicted octanol–water partition coefficient (Wildman–Crippen LogP) is 2.04. The van der Waals surface area contributed by atoms with Crippen molar-refractivity contribution < 1.29 is 9.66 Å². The van der Waals surface area contributed by atoms with Gasteiger partial charge >= 0.3 is 0 Å². The lowest BCUT2D eigenvalue weighted by Gasteiger charge is -2.27. The highest BCUT2D eigenvalue weighted by Crippen LogP contribution is 2.23. The molecule has 0 saturated carbocycles. The van der Waals surface area contributed by atoms with Crippen molar-refractivity contribution in [2.45, 2.75) is 19.4 Å². The highest BCUT2D eigenvalue weighted by Gasteiger charge is 2.17. The first kappa shape index (κ1) is 14.7. The van der Waals surface area contributed by atoms with E-state index in [9.17, 15) is 10.1 Å². The van der Waals surface area contributed by atoms with Gasteiger partial charge in [0, 0.05) is 32.4 Å². The van der Waals surface area contributed by atoms with Crippen molar-refractivity contribution >= 4 is 11.4 Å². The van der Waals surface area contributed by atoms with E-state index in [1.54, 1.807) is 12.1 Å². The van der Waals surface area contributed by atoms with Gasteiger partial charge in [0.2, 0.25) is 0 Å². The second-order valence-electron chi connectivity index (χ2n) is 5.40. The van der Waals surface area contributed by atoms with Crippen molar-refractivity contribution in [3.63, 3.8) is 0 Å². The molecule has 20 heavy (non-hydrogen) atoms. The van der Waals surface area contributed by atoms with Crippen LogP contribution in [0.5, 0.6) is 0 Å². The van der Waals surface area contributed by atoms with Crippen LogP contribution in [-0.2, 0) is 11.3 Å². The van der Waals surface area contributed by atoms with Crippen molar-refractivity contribution in [3.05, 3.63) is 33.9 Å². The minimum Gasteiger partial charge on any atom is -0.393 e. The molecule has 1 fully saturated rings. The minimum atomic E-state index is -0.433. The topological polar surface area (TPSA) is 81.6 Å². The fraction of sp³-hybridized carbons (Fsp3) is 0.571. The molecule has 0 radical (unpaired) electrons. The van der Waals surface area contributed by atoms with E-state index in [0.717, 1.165) is 38.2 Å². The van der Waals surface area contributed by atoms with Crippen molar-refractivity contribution in [2.24, 2.45) is 5.92 Å². The third-order valence-corrected chi connectivity index (χ3v) is 3.65. The zero-order chi connectivity index (χ0) is 14.5. The van der Waals surface area contributed by atoms with Crippen LogP contribution in [-0.4, -0.2) is 36.6 Å². The molecule has 2 N–H and O–H groups in total. The fourth-order valence-corrected chi connectivity index (χ4v) is 2.59. The van der Waals surface area contributed by atoms with Crippen LogP contribution in [0.15, 0.2) is 18.2 Å². The number of nitro benzene ring substituents is 1. The van der Waals surface area contributed by atoms with Crippen LogP contribution in [0.2, 0.25) is 0 Å². The lowest BCUT2D eigenvalue weighted by atomic mass is 9.99. The van der Waals surface area contributed by atoms with Crippen LogP contribution >= 0.6 is 0 Å². The highest BCUT2D eigenvalue weighted by molar-refractivity contribution is 5.59. The minimum absolute atomic E-state index is 0.0121. The standard InChI is InChI=1S/C14H21N3O3/c1-16(9-11-4-6-20-7-5-11)10-12-2-3-13(15)14(8-12)17(18)19/h2-3,8,11H,4-7,9-10,15H2,1H3. The van der Waals surface area contributed by atoms with Crippen LogP contribution in [0.4, 0.5) is 11.4 Å². The van der Waals surface area contributed by atoms with Gasteiger partial charge in [0.15, 0.2) is 0 Å². The van der Waals surface area contributed by atoms with E-state index in [4.69, 9.17) is 10.5 Å². The number of ether oxygens (including phenoxy) is 1. The van der Waals surface area contributed by atoms with Crippen LogP contribution in [0.3, 0.4) is 0 Å². The summed E-state index contributed by atoms with van der Waals surface area (Å²) in [6.07, 6.45) is 2.18. The van der Waals surface area contributed by atoms with E-state index < -0.39 is 4.92 Å². The second kappa shape index (κ2) is 6.67. The van der Waals surface area contributed by atoms with Crippen molar-refractivity contribution in [2.75, 3.05) is 32.5 Å². The summed E-state index contributed by atoms with van der Waals surface area (Å²) in [5.74, 6) is 0.650. The third-order valence-electron chi connectivity index (χ3n) is 3.65. The number of hydrogen-bond acceptors (Lipinski definition) is 5. The van der Waals surface area contributed by atoms with Crippen molar-refractivity contribution in [1.82, 2.24) is 4.90 Å². The van der Waals surface area contributed by atoms with Gasteiger partial charge in [0.25, 0.3) is 5.69 Å². The Morgan fingerprint density at radius 2 is 2.15 bits per heavy atom. The van der Waals surface area contributed by atoms with Gasteiger partial charge in [-0.25, -0.2) is 0 Å². The molecule has 0 aliphatic carbocycles. The third kappa shape index (κ3) is 3.91. The van der Waals surface area contributed by atoms with Crippen LogP contribution in [0.25, 0.3) is 0 Å². The molecule has 2 rings (SSSR count). The molecule has 0 amide bonds. The van der Waals surface area contributed by atoms with Crippen molar-refractivity contribution in [1.29, 1.82) is 0 Å². The zero-order valence-corrected chi connectivity index (χ0v) is 11.7. The molecule has 0 unspecified atom stereocenters. The quantitative estimate of drug-likeness (QED) is 0.506. The summed E-state index contributed by atoms with van der Waals surface area (Å²) in [5.41, 5.74) is 6.72. The summed E-state index contributed by atoms with van der Waals surface area (Å²) in [4.78, 5) is 12.6. The molecule has 6 heteroatoms. The molecule has 1 saturated heterocycles. The Morgan fingerprint density at radius 3 is 2.80 bits per heavy atom. The number of nitrogen functional groups attached to an aromatic ring is 1. The maximum atomic E-state index is 10.9. The number of nitro groups is 1. The molecule has 0 atom stereocenters. The number of anilines is 1. The number of benzene rings is 1. The van der Waals surface area contributed by atoms with E-state index >= 15 is 0 Å². The Kier molecular flexibility index (Phi) is 4.92. The summed E-state index contributed by atoms with van der Waals surface area (Å²) in [7, 11) is 2.04. The summed E-state index contributed by atoms with van der Waals surface area (Å²) in [6, 6.07) is 5.02. The first-order valence-corrected chi connectivity index (χ1v) is 6.85. The Morgan fingerprint density at radius 1 is 1.45 bits per heavy atom. The van der Waals surface area contributed by atoms with Gasteiger partial charge in [0.1, 0.15) is 5.69 Å². The molecule has 1 aliphatic heterocycles. The monoisotopic (exact) mass is 279 g/mol. The van der Waals surface area contributed by atoms with Gasteiger partial charge in [-0.15, -0.1) is 0 Å². The average Bonchev–Trinajstić information content (AvgIpc) is 2.41. The first-order valence-electron chi connectivity index (χ1n) is 6.85. The highest BCUT2D eigenvalue weighted by atomic mass is 16.6. The van der Waals surface area contributed by atoms with Crippen LogP contribution < -0.4 is 5.73 Å². The molecular formula is C14H21N3O3. The maximum absolute atomic E-state index is 10.9. The summed E-state index contributed by atoms with van der Waals surface area (Å²) in [5, 5.41) is 10.9. The van der Waals surface area contributed by atoms with Crippen molar-refractivity contribution in [3.8, 4) is 0 Å². The normalized spacial score (nSPS) is 16.5. The number of nitrogens with zero attached hydrogens (tertiary/aromatic N) is 2. The SMILES string of the molecule is CN(Cc1ccc(N)c([N+](=O)[O-])c1)CC1CCOCC1. The Bertz CT molecular complexity index is 473. The van der Waals surface area contributed by atoms with E-state index in [2.05, 4.69) is 4.90 Å². The summed E-state index contributed by atoms with van der Waals surface area (Å²) in [6.45, 7) is 3.36. The second-order valence-corrected chi connectivity index (χ2v) is 5.40. The van der Waals surface area contributed by atoms with Crippen LogP contribution in [0.1, 0.15) is 18.4 Å². The van der Waals surface area contributed by atoms with Gasteiger partial charge in [0.05, 0.1) is 4.92 Å². The molecular weight excluding hydrogens is 258 g/mol. The van der Waals surface area contributed by atoms with E-state index in [-0.39, 0.29) is 11.4 Å². The lowest BCUT2D eigenvalue weighted by Crippen LogP contribution is -2.29. The largest absolute Gasteiger partial charge is 0.393 e. The van der Waals surface area contributed by atoms with Gasteiger partial charge in [-0.2, -0.15) is 0 Å². The maximum Gasteiger partial charge on any atom is 0.292 e. The smallest absolute Gasteiger partial charge is 0.292 e. The van der Waals surface area contributed by atoms with E-state index in [1.165, 1.54) is 0 Å². The molecule has 0 aromatic heterocycles. The van der Waals surface area contributed by atoms with Gasteiger partial charge in [-0.3, -0.25) is 10.1 Å². The molecule has 110 valence electrons. The Hall–Kier alpha value is -1.66. The number of hydrogen-bond donors (Lipinski definition) is 1. The van der Waals surface area contributed by atoms with Crippen LogP contribution in [0, 0.1) is 16.0 Å². The number of nitrogens with two attached hydrogens (primary N) is 1. The summed E-state index contributed by atoms with van der Waals surface area (Å²) >= 11 is 0. The first-order chi connectivity index (χ1) is 9.56. The molecule has 1 heterocycles. The molecule has 1 aromatic rings. The lowest BCUT2D eigenvalue weighted by molar-refractivity contribution is -0.384. The fourth-order valence-electron chi connectivity index (χ4n) is 2.59. The summed E-state index contributed by atoms with van der Waals surface area (Å²) < 4.78 is 5.35. The molecule has 0 spiro atoms. The Labute approximate surface area is 118 Å². The predicted molar refractivity (Wildman–Crippen MR) is 77.4 cm³/mol. The number of rotatable bonds is 5. The van der Waals surface area contributed by atoms with Gasteiger partial charge < -0.3 is 15.4 Å². The molecule has 1 aromatic carbocycles. The van der Waals surface area contributed by atoms with E-state index in [1.807, 2.05) is 13.1 Å². The zero-order valence-electron chi connectivity index (χ0n) is 11.7. The van der Waals surface area contributed by atoms with E-state index in [0.29, 0.717) is 12.5 Å². The van der Waals surface area contributed by atoms with Gasteiger partial charge in [-0.1, -0.05) is 6.07 Å². The van der Waals surface area contributed by atoms with Gasteiger partial charge in [-0.05, 0) is 37.4 Å². The molecule has 6 nitrogen and oxygen atoms in total. The molecule has 1 aliphatic rings.